The first-order valence-corrected chi connectivity index (χ1v) is 11.4. The number of anilines is 1. The highest BCUT2D eigenvalue weighted by Gasteiger charge is 2.31. The fourth-order valence-electron chi connectivity index (χ4n) is 4.46. The number of carbonyl (C=O) groups is 1. The van der Waals surface area contributed by atoms with Gasteiger partial charge in [-0.15, -0.1) is 0 Å². The van der Waals surface area contributed by atoms with E-state index in [1.165, 1.54) is 17.8 Å². The summed E-state index contributed by atoms with van der Waals surface area (Å²) in [5.41, 5.74) is 1.26. The van der Waals surface area contributed by atoms with Crippen LogP contribution in [0.25, 0.3) is 0 Å². The van der Waals surface area contributed by atoms with Crippen molar-refractivity contribution in [3.8, 4) is 11.5 Å². The van der Waals surface area contributed by atoms with Crippen molar-refractivity contribution in [1.29, 1.82) is 0 Å². The molecule has 1 N–H and O–H groups in total. The Kier molecular flexibility index (Phi) is 7.35. The number of amides is 1. The third-order valence-corrected chi connectivity index (χ3v) is 6.45. The van der Waals surface area contributed by atoms with Crippen molar-refractivity contribution < 1.29 is 27.9 Å². The zero-order chi connectivity index (χ0) is 24.1. The zero-order valence-corrected chi connectivity index (χ0v) is 19.2. The SMILES string of the molecule is CO[n+]1ccc([C@@H]2CCC[C@H]([C@@H](C)C(=O)Nc3ccc(Oc4ccc(F)cc4F)cn3)C2)cc1. The van der Waals surface area contributed by atoms with Gasteiger partial charge in [0.1, 0.15) is 24.5 Å². The number of nitrogens with one attached hydrogen (secondary N) is 1. The minimum Gasteiger partial charge on any atom is -0.453 e. The van der Waals surface area contributed by atoms with Gasteiger partial charge in [0.2, 0.25) is 18.3 Å². The summed E-state index contributed by atoms with van der Waals surface area (Å²) in [4.78, 5) is 22.3. The van der Waals surface area contributed by atoms with E-state index in [-0.39, 0.29) is 29.2 Å². The van der Waals surface area contributed by atoms with Crippen molar-refractivity contribution in [2.75, 3.05) is 12.4 Å². The predicted octanol–water partition coefficient (Wildman–Crippen LogP) is 5.05. The first kappa shape index (κ1) is 23.6. The fraction of sp³-hybridized carbons (Fsp3) is 0.346. The van der Waals surface area contributed by atoms with E-state index in [2.05, 4.69) is 22.4 Å². The molecule has 2 aromatic heterocycles. The van der Waals surface area contributed by atoms with Crippen molar-refractivity contribution in [1.82, 2.24) is 4.98 Å². The molecule has 0 unspecified atom stereocenters. The van der Waals surface area contributed by atoms with Gasteiger partial charge in [0.05, 0.1) is 6.20 Å². The normalized spacial score (nSPS) is 18.7. The van der Waals surface area contributed by atoms with E-state index in [4.69, 9.17) is 9.57 Å². The molecular weight excluding hydrogens is 440 g/mol. The maximum absolute atomic E-state index is 13.8. The lowest BCUT2D eigenvalue weighted by Gasteiger charge is -2.32. The van der Waals surface area contributed by atoms with Crippen molar-refractivity contribution in [3.63, 3.8) is 0 Å². The van der Waals surface area contributed by atoms with Crippen LogP contribution in [-0.4, -0.2) is 18.0 Å². The zero-order valence-electron chi connectivity index (χ0n) is 19.2. The number of pyridine rings is 2. The second-order valence-electron chi connectivity index (χ2n) is 8.63. The second kappa shape index (κ2) is 10.6. The molecule has 1 aliphatic carbocycles. The average Bonchev–Trinajstić information content (AvgIpc) is 2.86. The molecule has 6 nitrogen and oxygen atoms in total. The van der Waals surface area contributed by atoms with Crippen LogP contribution in [0.15, 0.2) is 61.1 Å². The van der Waals surface area contributed by atoms with Crippen LogP contribution in [0.4, 0.5) is 14.6 Å². The number of hydrogen-bond donors (Lipinski definition) is 1. The van der Waals surface area contributed by atoms with Crippen molar-refractivity contribution in [2.24, 2.45) is 11.8 Å². The number of carbonyl (C=O) groups excluding carboxylic acids is 1. The Morgan fingerprint density at radius 3 is 2.62 bits per heavy atom. The van der Waals surface area contributed by atoms with Gasteiger partial charge in [-0.05, 0) is 60.9 Å². The summed E-state index contributed by atoms with van der Waals surface area (Å²) in [7, 11) is 1.62. The van der Waals surface area contributed by atoms with E-state index >= 15 is 0 Å². The molecule has 4 rings (SSSR count). The monoisotopic (exact) mass is 468 g/mol. The lowest BCUT2D eigenvalue weighted by molar-refractivity contribution is -0.885. The lowest BCUT2D eigenvalue weighted by Crippen LogP contribution is -2.39. The predicted molar refractivity (Wildman–Crippen MR) is 122 cm³/mol. The Bertz CT molecular complexity index is 1120. The summed E-state index contributed by atoms with van der Waals surface area (Å²) in [6.45, 7) is 1.96. The maximum Gasteiger partial charge on any atom is 0.228 e. The number of rotatable bonds is 7. The summed E-state index contributed by atoms with van der Waals surface area (Å²) in [5.74, 6) is -0.459. The summed E-state index contributed by atoms with van der Waals surface area (Å²) in [5, 5.41) is 2.87. The third kappa shape index (κ3) is 5.68. The summed E-state index contributed by atoms with van der Waals surface area (Å²) in [6, 6.07) is 10.4. The highest BCUT2D eigenvalue weighted by Crippen LogP contribution is 2.39. The molecule has 0 radical (unpaired) electrons. The van der Waals surface area contributed by atoms with E-state index in [0.29, 0.717) is 11.7 Å². The first-order valence-electron chi connectivity index (χ1n) is 11.4. The summed E-state index contributed by atoms with van der Waals surface area (Å²) >= 11 is 0. The molecule has 3 aromatic rings. The van der Waals surface area contributed by atoms with E-state index in [0.717, 1.165) is 37.8 Å². The van der Waals surface area contributed by atoms with E-state index in [9.17, 15) is 13.6 Å². The van der Waals surface area contributed by atoms with Gasteiger partial charge >= 0.3 is 0 Å². The van der Waals surface area contributed by atoms with Crippen LogP contribution in [-0.2, 0) is 4.79 Å². The van der Waals surface area contributed by atoms with Gasteiger partial charge in [-0.25, -0.2) is 13.8 Å². The Hall–Kier alpha value is -3.55. The second-order valence-corrected chi connectivity index (χ2v) is 8.63. The number of benzene rings is 1. The Morgan fingerprint density at radius 1 is 1.15 bits per heavy atom. The molecule has 1 aliphatic rings. The molecule has 178 valence electrons. The number of aromatic nitrogens is 2. The Labute approximate surface area is 197 Å². The van der Waals surface area contributed by atoms with E-state index < -0.39 is 11.6 Å². The molecule has 3 atom stereocenters. The van der Waals surface area contributed by atoms with Gasteiger partial charge in [-0.2, -0.15) is 0 Å². The molecule has 0 bridgehead atoms. The molecule has 34 heavy (non-hydrogen) atoms. The Balaban J connectivity index is 1.34. The molecule has 0 spiro atoms. The minimum absolute atomic E-state index is 0.0818. The highest BCUT2D eigenvalue weighted by atomic mass is 19.1. The molecule has 1 amide bonds. The summed E-state index contributed by atoms with van der Waals surface area (Å²) < 4.78 is 33.9. The van der Waals surface area contributed by atoms with Crippen LogP contribution < -0.4 is 19.6 Å². The van der Waals surface area contributed by atoms with Crippen molar-refractivity contribution in [2.45, 2.75) is 38.5 Å². The smallest absolute Gasteiger partial charge is 0.228 e. The van der Waals surface area contributed by atoms with Crippen LogP contribution >= 0.6 is 0 Å². The number of halogens is 2. The number of hydrogen-bond acceptors (Lipinski definition) is 4. The van der Waals surface area contributed by atoms with Crippen molar-refractivity contribution in [3.05, 3.63) is 78.3 Å². The largest absolute Gasteiger partial charge is 0.453 e. The van der Waals surface area contributed by atoms with Crippen LogP contribution in [0.1, 0.15) is 44.1 Å². The van der Waals surface area contributed by atoms with Gasteiger partial charge in [-0.3, -0.25) is 9.63 Å². The molecule has 2 heterocycles. The number of nitrogens with zero attached hydrogens (tertiary/aromatic N) is 2. The van der Waals surface area contributed by atoms with Crippen LogP contribution in [0, 0.1) is 23.5 Å². The van der Waals surface area contributed by atoms with Gasteiger partial charge in [0, 0.05) is 28.8 Å². The van der Waals surface area contributed by atoms with Crippen LogP contribution in [0.2, 0.25) is 0 Å². The summed E-state index contributed by atoms with van der Waals surface area (Å²) in [6.07, 6.45) is 9.35. The van der Waals surface area contributed by atoms with Gasteiger partial charge in [0.15, 0.2) is 11.6 Å². The third-order valence-electron chi connectivity index (χ3n) is 6.45. The van der Waals surface area contributed by atoms with Gasteiger partial charge < -0.3 is 10.1 Å². The first-order chi connectivity index (χ1) is 16.4. The van der Waals surface area contributed by atoms with Crippen molar-refractivity contribution >= 4 is 11.7 Å². The molecule has 1 saturated carbocycles. The van der Waals surface area contributed by atoms with E-state index in [1.807, 2.05) is 19.3 Å². The minimum atomic E-state index is -0.801. The van der Waals surface area contributed by atoms with Crippen LogP contribution in [0.3, 0.4) is 0 Å². The van der Waals surface area contributed by atoms with Crippen LogP contribution in [0.5, 0.6) is 11.5 Å². The average molecular weight is 469 g/mol. The number of ether oxygens (including phenoxy) is 1. The standard InChI is InChI=1S/C26H27F2N3O3/c1-17(19-4-3-5-20(14-19)18-10-12-31(33-2)13-11-18)26(32)30-25-9-7-22(16-29-25)34-24-8-6-21(27)15-23(24)28/h6-13,15-17,19-20H,3-5,14H2,1-2H3/p+1/t17-,19+,20-/m1/s1. The molecule has 0 aliphatic heterocycles. The van der Waals surface area contributed by atoms with Gasteiger partial charge in [0.25, 0.3) is 0 Å². The maximum atomic E-state index is 13.8. The van der Waals surface area contributed by atoms with Gasteiger partial charge in [-0.1, -0.05) is 13.3 Å². The quantitative estimate of drug-likeness (QED) is 0.493. The molecule has 1 fully saturated rings. The Morgan fingerprint density at radius 2 is 1.94 bits per heavy atom. The van der Waals surface area contributed by atoms with E-state index in [1.54, 1.807) is 24.0 Å². The topological polar surface area (TPSA) is 64.3 Å². The molecular formula is C26H28F2N3O3+. The molecule has 1 aromatic carbocycles. The molecule has 8 heteroatoms. The molecule has 0 saturated heterocycles. The lowest BCUT2D eigenvalue weighted by atomic mass is 9.73. The highest BCUT2D eigenvalue weighted by molar-refractivity contribution is 5.91. The fourth-order valence-corrected chi connectivity index (χ4v) is 4.46.